The van der Waals surface area contributed by atoms with Gasteiger partial charge in [-0.15, -0.1) is 0 Å². The first-order valence-electron chi connectivity index (χ1n) is 14.9. The van der Waals surface area contributed by atoms with Gasteiger partial charge in [0.1, 0.15) is 12.7 Å². The van der Waals surface area contributed by atoms with E-state index in [9.17, 15) is 5.11 Å². The quantitative estimate of drug-likeness (QED) is 0.142. The van der Waals surface area contributed by atoms with Gasteiger partial charge in [0.05, 0.1) is 26.4 Å². The lowest BCUT2D eigenvalue weighted by molar-refractivity contribution is 0.0453. The molecule has 3 aromatic rings. The van der Waals surface area contributed by atoms with Crippen LogP contribution in [0.3, 0.4) is 0 Å². The molecule has 0 heterocycles. The molecule has 0 aliphatic carbocycles. The molecule has 0 saturated heterocycles. The van der Waals surface area contributed by atoms with Crippen molar-refractivity contribution in [2.45, 2.75) is 52.2 Å². The van der Waals surface area contributed by atoms with Gasteiger partial charge in [-0.25, -0.2) is 0 Å². The third kappa shape index (κ3) is 12.9. The summed E-state index contributed by atoms with van der Waals surface area (Å²) < 4.78 is 29.0. The zero-order valence-corrected chi connectivity index (χ0v) is 24.7. The standard InChI is InChI=1S/C34H47NO6/c1-3-38-31-18-10-12-20-33(31)40-24-15-6-5-14-23-37-25-22-35(26-29-16-8-7-9-17-29)27-30(36)28-41-34-21-13-11-19-32(34)39-4-2/h7-13,16-21,30,36H,3-6,14-15,22-28H2,1-2H3. The van der Waals surface area contributed by atoms with E-state index in [1.807, 2.05) is 80.6 Å². The summed E-state index contributed by atoms with van der Waals surface area (Å²) in [6, 6.07) is 25.7. The Bertz CT molecular complexity index is 1080. The van der Waals surface area contributed by atoms with Crippen molar-refractivity contribution in [3.05, 3.63) is 84.4 Å². The summed E-state index contributed by atoms with van der Waals surface area (Å²) >= 11 is 0. The Morgan fingerprint density at radius 2 is 1.15 bits per heavy atom. The van der Waals surface area contributed by atoms with E-state index in [0.717, 1.165) is 56.9 Å². The Morgan fingerprint density at radius 1 is 0.610 bits per heavy atom. The first kappa shape index (κ1) is 32.3. The summed E-state index contributed by atoms with van der Waals surface area (Å²) in [6.45, 7) is 9.28. The molecule has 0 aliphatic heterocycles. The van der Waals surface area contributed by atoms with E-state index in [1.54, 1.807) is 0 Å². The number of unbranched alkanes of at least 4 members (excludes halogenated alkanes) is 3. The van der Waals surface area contributed by atoms with E-state index in [-0.39, 0.29) is 6.61 Å². The molecule has 0 bridgehead atoms. The number of hydrogen-bond donors (Lipinski definition) is 1. The molecule has 3 aromatic carbocycles. The Morgan fingerprint density at radius 3 is 1.76 bits per heavy atom. The van der Waals surface area contributed by atoms with Crippen LogP contribution in [0.4, 0.5) is 0 Å². The Balaban J connectivity index is 1.33. The lowest BCUT2D eigenvalue weighted by atomic mass is 10.2. The van der Waals surface area contributed by atoms with Crippen LogP contribution in [0.2, 0.25) is 0 Å². The second-order valence-electron chi connectivity index (χ2n) is 9.82. The number of nitrogens with zero attached hydrogens (tertiary/aromatic N) is 1. The highest BCUT2D eigenvalue weighted by molar-refractivity contribution is 5.40. The van der Waals surface area contributed by atoms with Crippen molar-refractivity contribution in [2.24, 2.45) is 0 Å². The molecular weight excluding hydrogens is 518 g/mol. The van der Waals surface area contributed by atoms with E-state index < -0.39 is 6.10 Å². The maximum absolute atomic E-state index is 10.8. The maximum Gasteiger partial charge on any atom is 0.161 e. The molecule has 1 N–H and O–H groups in total. The fraction of sp³-hybridized carbons (Fsp3) is 0.471. The summed E-state index contributed by atoms with van der Waals surface area (Å²) in [5, 5.41) is 10.8. The third-order valence-corrected chi connectivity index (χ3v) is 6.44. The Kier molecular flexibility index (Phi) is 15.5. The fourth-order valence-corrected chi connectivity index (χ4v) is 4.44. The SMILES string of the molecule is CCOc1ccccc1OCCCCCCOCCN(Cc1ccccc1)CC(O)COc1ccccc1OCC. The zero-order chi connectivity index (χ0) is 29.0. The smallest absolute Gasteiger partial charge is 0.161 e. The highest BCUT2D eigenvalue weighted by Crippen LogP contribution is 2.27. The van der Waals surface area contributed by atoms with Crippen molar-refractivity contribution in [1.82, 2.24) is 4.90 Å². The number of ether oxygens (including phenoxy) is 5. The number of hydrogen-bond acceptors (Lipinski definition) is 7. The summed E-state index contributed by atoms with van der Waals surface area (Å²) in [6.07, 6.45) is 3.57. The van der Waals surface area contributed by atoms with Crippen molar-refractivity contribution in [3.8, 4) is 23.0 Å². The molecule has 0 spiro atoms. The van der Waals surface area contributed by atoms with Gasteiger partial charge in [-0.2, -0.15) is 0 Å². The van der Waals surface area contributed by atoms with Gasteiger partial charge >= 0.3 is 0 Å². The summed E-state index contributed by atoms with van der Waals surface area (Å²) in [4.78, 5) is 2.22. The summed E-state index contributed by atoms with van der Waals surface area (Å²) in [7, 11) is 0. The molecule has 0 fully saturated rings. The van der Waals surface area contributed by atoms with Gasteiger partial charge < -0.3 is 28.8 Å². The minimum atomic E-state index is -0.642. The number of benzene rings is 3. The minimum absolute atomic E-state index is 0.192. The highest BCUT2D eigenvalue weighted by Gasteiger charge is 2.15. The lowest BCUT2D eigenvalue weighted by Gasteiger charge is -2.25. The normalized spacial score (nSPS) is 11.8. The molecule has 3 rings (SSSR count). The van der Waals surface area contributed by atoms with Crippen LogP contribution in [0.15, 0.2) is 78.9 Å². The van der Waals surface area contributed by atoms with Crippen molar-refractivity contribution >= 4 is 0 Å². The van der Waals surface area contributed by atoms with Gasteiger partial charge in [-0.1, -0.05) is 61.0 Å². The van der Waals surface area contributed by atoms with Crippen LogP contribution in [0.1, 0.15) is 45.1 Å². The van der Waals surface area contributed by atoms with Gasteiger partial charge in [-0.3, -0.25) is 4.90 Å². The van der Waals surface area contributed by atoms with E-state index in [1.165, 1.54) is 5.56 Å². The molecule has 1 atom stereocenters. The topological polar surface area (TPSA) is 69.6 Å². The van der Waals surface area contributed by atoms with Crippen molar-refractivity contribution < 1.29 is 28.8 Å². The molecule has 0 aromatic heterocycles. The Labute approximate surface area is 246 Å². The predicted octanol–water partition coefficient (Wildman–Crippen LogP) is 6.38. The second kappa shape index (κ2) is 19.8. The minimum Gasteiger partial charge on any atom is -0.490 e. The largest absolute Gasteiger partial charge is 0.490 e. The molecule has 7 nitrogen and oxygen atoms in total. The van der Waals surface area contributed by atoms with Crippen LogP contribution in [-0.4, -0.2) is 68.8 Å². The fourth-order valence-electron chi connectivity index (χ4n) is 4.44. The summed E-state index contributed by atoms with van der Waals surface area (Å²) in [5.74, 6) is 2.95. The molecular formula is C34H47NO6. The molecule has 0 aliphatic rings. The van der Waals surface area contributed by atoms with Crippen molar-refractivity contribution in [2.75, 3.05) is 52.7 Å². The molecule has 0 saturated carbocycles. The van der Waals surface area contributed by atoms with Crippen molar-refractivity contribution in [3.63, 3.8) is 0 Å². The van der Waals surface area contributed by atoms with Crippen LogP contribution >= 0.6 is 0 Å². The van der Waals surface area contributed by atoms with Gasteiger partial charge in [-0.05, 0) is 62.9 Å². The van der Waals surface area contributed by atoms with Gasteiger partial charge in [0.15, 0.2) is 23.0 Å². The van der Waals surface area contributed by atoms with Crippen LogP contribution in [-0.2, 0) is 11.3 Å². The van der Waals surface area contributed by atoms with E-state index >= 15 is 0 Å². The number of aliphatic hydroxyl groups excluding tert-OH is 1. The average Bonchev–Trinajstić information content (AvgIpc) is 2.99. The van der Waals surface area contributed by atoms with Gasteiger partial charge in [0, 0.05) is 26.2 Å². The van der Waals surface area contributed by atoms with Crippen LogP contribution in [0.25, 0.3) is 0 Å². The Hall–Kier alpha value is -3.26. The van der Waals surface area contributed by atoms with Crippen LogP contribution in [0, 0.1) is 0 Å². The van der Waals surface area contributed by atoms with E-state index in [0.29, 0.717) is 44.5 Å². The van der Waals surface area contributed by atoms with Crippen molar-refractivity contribution in [1.29, 1.82) is 0 Å². The lowest BCUT2D eigenvalue weighted by Crippen LogP contribution is -2.37. The second-order valence-corrected chi connectivity index (χ2v) is 9.82. The maximum atomic E-state index is 10.8. The molecule has 41 heavy (non-hydrogen) atoms. The first-order chi connectivity index (χ1) is 20.2. The number of aliphatic hydroxyl groups is 1. The molecule has 7 heteroatoms. The monoisotopic (exact) mass is 565 g/mol. The molecule has 1 unspecified atom stereocenters. The van der Waals surface area contributed by atoms with Gasteiger partial charge in [0.25, 0.3) is 0 Å². The van der Waals surface area contributed by atoms with E-state index in [2.05, 4.69) is 17.0 Å². The zero-order valence-electron chi connectivity index (χ0n) is 24.7. The number of para-hydroxylation sites is 4. The van der Waals surface area contributed by atoms with Gasteiger partial charge in [0.2, 0.25) is 0 Å². The van der Waals surface area contributed by atoms with E-state index in [4.69, 9.17) is 23.7 Å². The third-order valence-electron chi connectivity index (χ3n) is 6.44. The average molecular weight is 566 g/mol. The van der Waals surface area contributed by atoms with Crippen LogP contribution < -0.4 is 18.9 Å². The predicted molar refractivity (Wildman–Crippen MR) is 163 cm³/mol. The first-order valence-corrected chi connectivity index (χ1v) is 14.9. The van der Waals surface area contributed by atoms with Crippen LogP contribution in [0.5, 0.6) is 23.0 Å². The summed E-state index contributed by atoms with van der Waals surface area (Å²) in [5.41, 5.74) is 1.20. The molecule has 0 amide bonds. The molecule has 0 radical (unpaired) electrons. The highest BCUT2D eigenvalue weighted by atomic mass is 16.5. The molecule has 224 valence electrons. The number of rotatable bonds is 22.